The summed E-state index contributed by atoms with van der Waals surface area (Å²) in [6.07, 6.45) is 1.08. The van der Waals surface area contributed by atoms with E-state index in [2.05, 4.69) is 67.7 Å². The van der Waals surface area contributed by atoms with E-state index in [0.717, 1.165) is 19.5 Å². The van der Waals surface area contributed by atoms with E-state index in [9.17, 15) is 5.11 Å². The Morgan fingerprint density at radius 1 is 0.909 bits per heavy atom. The Morgan fingerprint density at radius 3 is 1.77 bits per heavy atom. The maximum atomic E-state index is 9.97. The van der Waals surface area contributed by atoms with Crippen LogP contribution in [0.4, 0.5) is 0 Å². The zero-order chi connectivity index (χ0) is 16.0. The van der Waals surface area contributed by atoms with Gasteiger partial charge in [0.2, 0.25) is 0 Å². The molecule has 2 heteroatoms. The second-order valence-corrected chi connectivity index (χ2v) is 6.86. The number of hydrogen-bond donors (Lipinski definition) is 2. The molecule has 0 radical (unpaired) electrons. The highest BCUT2D eigenvalue weighted by Crippen LogP contribution is 2.26. The number of aliphatic hydroxyl groups is 1. The Hall–Kier alpha value is -1.64. The van der Waals surface area contributed by atoms with Crippen LogP contribution in [-0.4, -0.2) is 30.8 Å². The Morgan fingerprint density at radius 2 is 1.36 bits per heavy atom. The van der Waals surface area contributed by atoms with E-state index in [-0.39, 0.29) is 0 Å². The summed E-state index contributed by atoms with van der Waals surface area (Å²) in [4.78, 5) is 1.37. The summed E-state index contributed by atoms with van der Waals surface area (Å²) in [6, 6.07) is 21.4. The van der Waals surface area contributed by atoms with Crippen LogP contribution in [0.1, 0.15) is 37.3 Å². The summed E-state index contributed by atoms with van der Waals surface area (Å²) in [7, 11) is 2.16. The average molecular weight is 298 g/mol. The molecule has 22 heavy (non-hydrogen) atoms. The number of nitrogens with one attached hydrogen (secondary N) is 1. The minimum absolute atomic E-state index is 0.416. The van der Waals surface area contributed by atoms with Gasteiger partial charge in [-0.1, -0.05) is 60.7 Å². The van der Waals surface area contributed by atoms with Crippen LogP contribution in [0, 0.1) is 0 Å². The largest absolute Gasteiger partial charge is 0.385 e. The summed E-state index contributed by atoms with van der Waals surface area (Å²) >= 11 is 0. The fourth-order valence-corrected chi connectivity index (χ4v) is 3.11. The molecule has 118 valence electrons. The molecule has 2 nitrogen and oxygen atoms in total. The maximum Gasteiger partial charge on any atom is 0.108 e. The lowest BCUT2D eigenvalue weighted by Gasteiger charge is -2.25. The van der Waals surface area contributed by atoms with Crippen LogP contribution in [0.25, 0.3) is 0 Å². The van der Waals surface area contributed by atoms with Crippen molar-refractivity contribution in [3.8, 4) is 0 Å². The summed E-state index contributed by atoms with van der Waals surface area (Å²) < 4.78 is 0. The zero-order valence-electron chi connectivity index (χ0n) is 13.9. The highest BCUT2D eigenvalue weighted by molar-refractivity contribution is 5.32. The Bertz CT molecular complexity index is 505. The standard InChI is InChI=1S/C20H27NO/c1-20(2,22)16-21(3)15-14-19(17-10-6-4-7-11-17)18-12-8-5-9-13-18/h4-13,19,22H,14-16H2,1-3H3/p+1. The van der Waals surface area contributed by atoms with E-state index in [1.54, 1.807) is 0 Å². The van der Waals surface area contributed by atoms with Crippen molar-refractivity contribution in [2.75, 3.05) is 20.1 Å². The minimum Gasteiger partial charge on any atom is -0.385 e. The molecule has 0 aliphatic carbocycles. The van der Waals surface area contributed by atoms with E-state index in [4.69, 9.17) is 0 Å². The average Bonchev–Trinajstić information content (AvgIpc) is 2.48. The Balaban J connectivity index is 2.10. The van der Waals surface area contributed by atoms with Crippen LogP contribution in [-0.2, 0) is 0 Å². The highest BCUT2D eigenvalue weighted by atomic mass is 16.3. The molecule has 2 N–H and O–H groups in total. The van der Waals surface area contributed by atoms with Gasteiger partial charge in [0, 0.05) is 12.3 Å². The second-order valence-electron chi connectivity index (χ2n) is 6.86. The molecule has 0 saturated carbocycles. The first kappa shape index (κ1) is 16.7. The van der Waals surface area contributed by atoms with Crippen LogP contribution >= 0.6 is 0 Å². The maximum absolute atomic E-state index is 9.97. The number of quaternary nitrogens is 1. The van der Waals surface area contributed by atoms with Gasteiger partial charge in [0.1, 0.15) is 12.1 Å². The van der Waals surface area contributed by atoms with Gasteiger partial charge >= 0.3 is 0 Å². The van der Waals surface area contributed by atoms with Gasteiger partial charge in [0.05, 0.1) is 13.6 Å². The van der Waals surface area contributed by atoms with Crippen molar-refractivity contribution in [3.63, 3.8) is 0 Å². The molecule has 1 atom stereocenters. The number of rotatable bonds is 7. The van der Waals surface area contributed by atoms with Gasteiger partial charge in [0.25, 0.3) is 0 Å². The number of benzene rings is 2. The molecule has 2 aromatic rings. The lowest BCUT2D eigenvalue weighted by Crippen LogP contribution is -3.11. The fourth-order valence-electron chi connectivity index (χ4n) is 3.11. The Labute approximate surface area is 134 Å². The van der Waals surface area contributed by atoms with Crippen LogP contribution < -0.4 is 4.90 Å². The lowest BCUT2D eigenvalue weighted by atomic mass is 9.88. The lowest BCUT2D eigenvalue weighted by molar-refractivity contribution is -0.886. The first-order valence-corrected chi connectivity index (χ1v) is 8.09. The van der Waals surface area contributed by atoms with Gasteiger partial charge in [0.15, 0.2) is 0 Å². The van der Waals surface area contributed by atoms with E-state index < -0.39 is 5.60 Å². The van der Waals surface area contributed by atoms with Crippen molar-refractivity contribution >= 4 is 0 Å². The SMILES string of the molecule is C[NH+](CCC(c1ccccc1)c1ccccc1)CC(C)(C)O. The van der Waals surface area contributed by atoms with E-state index in [1.807, 2.05) is 13.8 Å². The van der Waals surface area contributed by atoms with Crippen molar-refractivity contribution in [2.45, 2.75) is 31.8 Å². The summed E-state index contributed by atoms with van der Waals surface area (Å²) in [5.74, 6) is 0.416. The smallest absolute Gasteiger partial charge is 0.108 e. The first-order valence-electron chi connectivity index (χ1n) is 8.09. The zero-order valence-corrected chi connectivity index (χ0v) is 13.9. The van der Waals surface area contributed by atoms with Gasteiger partial charge in [-0.2, -0.15) is 0 Å². The van der Waals surface area contributed by atoms with Gasteiger partial charge in [-0.25, -0.2) is 0 Å². The van der Waals surface area contributed by atoms with Gasteiger partial charge in [-0.15, -0.1) is 0 Å². The molecule has 0 fully saturated rings. The second kappa shape index (κ2) is 7.57. The van der Waals surface area contributed by atoms with Crippen LogP contribution in [0.3, 0.4) is 0 Å². The van der Waals surface area contributed by atoms with Gasteiger partial charge in [-0.05, 0) is 25.0 Å². The molecule has 1 unspecified atom stereocenters. The van der Waals surface area contributed by atoms with E-state index >= 15 is 0 Å². The summed E-state index contributed by atoms with van der Waals surface area (Å²) in [6.45, 7) is 5.56. The van der Waals surface area contributed by atoms with Crippen molar-refractivity contribution < 1.29 is 10.0 Å². The highest BCUT2D eigenvalue weighted by Gasteiger charge is 2.21. The molecule has 2 aromatic carbocycles. The molecule has 0 heterocycles. The van der Waals surface area contributed by atoms with Crippen LogP contribution in [0.15, 0.2) is 60.7 Å². The summed E-state index contributed by atoms with van der Waals surface area (Å²) in [5, 5.41) is 9.97. The molecule has 0 aromatic heterocycles. The molecular weight excluding hydrogens is 270 g/mol. The third-order valence-electron chi connectivity index (χ3n) is 4.00. The molecule has 2 rings (SSSR count). The first-order chi connectivity index (χ1) is 10.5. The molecule has 0 aliphatic rings. The van der Waals surface area contributed by atoms with E-state index in [0.29, 0.717) is 5.92 Å². The van der Waals surface area contributed by atoms with E-state index in [1.165, 1.54) is 16.0 Å². The van der Waals surface area contributed by atoms with Gasteiger partial charge in [-0.3, -0.25) is 0 Å². The van der Waals surface area contributed by atoms with Crippen molar-refractivity contribution in [2.24, 2.45) is 0 Å². The normalized spacial score (nSPS) is 13.3. The third kappa shape index (κ3) is 5.28. The van der Waals surface area contributed by atoms with Gasteiger partial charge < -0.3 is 10.0 Å². The quantitative estimate of drug-likeness (QED) is 0.806. The van der Waals surface area contributed by atoms with Crippen molar-refractivity contribution in [1.29, 1.82) is 0 Å². The molecule has 0 spiro atoms. The predicted molar refractivity (Wildman–Crippen MR) is 92.3 cm³/mol. The Kier molecular flexibility index (Phi) is 5.76. The number of likely N-dealkylation sites (N-methyl/N-ethyl adjacent to an activating group) is 1. The van der Waals surface area contributed by atoms with Crippen molar-refractivity contribution in [1.82, 2.24) is 0 Å². The molecular formula is C20H28NO+. The predicted octanol–water partition coefficient (Wildman–Crippen LogP) is 2.49. The molecule has 0 bridgehead atoms. The molecule has 0 amide bonds. The topological polar surface area (TPSA) is 24.7 Å². The number of hydrogen-bond acceptors (Lipinski definition) is 1. The third-order valence-corrected chi connectivity index (χ3v) is 4.00. The molecule has 0 saturated heterocycles. The molecule has 0 aliphatic heterocycles. The monoisotopic (exact) mass is 298 g/mol. The van der Waals surface area contributed by atoms with Crippen LogP contribution in [0.2, 0.25) is 0 Å². The van der Waals surface area contributed by atoms with Crippen molar-refractivity contribution in [3.05, 3.63) is 71.8 Å². The summed E-state index contributed by atoms with van der Waals surface area (Å²) in [5.41, 5.74) is 2.12. The minimum atomic E-state index is -0.612. The van der Waals surface area contributed by atoms with Crippen LogP contribution in [0.5, 0.6) is 0 Å². The fraction of sp³-hybridized carbons (Fsp3) is 0.400.